The molecule has 98 valence electrons. The normalized spacial score (nSPS) is 13.1. The molecule has 0 aliphatic rings. The van der Waals surface area contributed by atoms with Gasteiger partial charge >= 0.3 is 6.18 Å². The molecule has 1 aromatic rings. The van der Waals surface area contributed by atoms with Gasteiger partial charge in [-0.15, -0.1) is 12.4 Å². The molecule has 0 radical (unpaired) electrons. The summed E-state index contributed by atoms with van der Waals surface area (Å²) in [5.74, 6) is 0. The zero-order valence-corrected chi connectivity index (χ0v) is 10.8. The molecule has 1 rings (SSSR count). The molecule has 17 heavy (non-hydrogen) atoms. The van der Waals surface area contributed by atoms with E-state index < -0.39 is 11.7 Å². The lowest BCUT2D eigenvalue weighted by Gasteiger charge is -2.12. The minimum Gasteiger partial charge on any atom is -0.327 e. The van der Waals surface area contributed by atoms with E-state index >= 15 is 0 Å². The van der Waals surface area contributed by atoms with Crippen LogP contribution in [0.3, 0.4) is 0 Å². The van der Waals surface area contributed by atoms with Crippen LogP contribution in [0.4, 0.5) is 13.2 Å². The number of halogens is 5. The van der Waals surface area contributed by atoms with Crippen LogP contribution in [0, 0.1) is 0 Å². The molecule has 0 spiro atoms. The summed E-state index contributed by atoms with van der Waals surface area (Å²) in [6.45, 7) is 1.89. The van der Waals surface area contributed by atoms with E-state index in [1.807, 2.05) is 6.92 Å². The van der Waals surface area contributed by atoms with Crippen LogP contribution in [0.1, 0.15) is 24.5 Å². The highest BCUT2D eigenvalue weighted by Gasteiger charge is 2.31. The van der Waals surface area contributed by atoms with Crippen molar-refractivity contribution in [3.05, 3.63) is 34.3 Å². The first-order valence-electron chi connectivity index (χ1n) is 4.95. The smallest absolute Gasteiger partial charge is 0.327 e. The van der Waals surface area contributed by atoms with Crippen molar-refractivity contribution in [1.82, 2.24) is 0 Å². The average Bonchev–Trinajstić information content (AvgIpc) is 2.15. The van der Waals surface area contributed by atoms with Crippen molar-refractivity contribution in [3.63, 3.8) is 0 Å². The summed E-state index contributed by atoms with van der Waals surface area (Å²) in [6, 6.07) is 3.40. The molecule has 6 heteroatoms. The van der Waals surface area contributed by atoms with Crippen LogP contribution in [0.2, 0.25) is 5.02 Å². The van der Waals surface area contributed by atoms with Gasteiger partial charge in [0.25, 0.3) is 0 Å². The molecule has 0 fully saturated rings. The molecular weight excluding hydrogens is 274 g/mol. The average molecular weight is 288 g/mol. The Hall–Kier alpha value is -0.450. The Bertz CT molecular complexity index is 366. The van der Waals surface area contributed by atoms with Gasteiger partial charge in [0.1, 0.15) is 0 Å². The molecule has 0 heterocycles. The molecule has 0 aliphatic carbocycles. The fourth-order valence-corrected chi connectivity index (χ4v) is 1.64. The molecule has 1 atom stereocenters. The number of alkyl halides is 3. The molecule has 0 aromatic heterocycles. The molecule has 0 saturated heterocycles. The van der Waals surface area contributed by atoms with Gasteiger partial charge in [0, 0.05) is 11.1 Å². The molecule has 1 unspecified atom stereocenters. The van der Waals surface area contributed by atoms with Crippen LogP contribution in [-0.4, -0.2) is 6.04 Å². The third-order valence-corrected chi connectivity index (χ3v) is 2.53. The van der Waals surface area contributed by atoms with Gasteiger partial charge in [0.2, 0.25) is 0 Å². The molecular formula is C11H14Cl2F3N. The van der Waals surface area contributed by atoms with E-state index in [2.05, 4.69) is 0 Å². The van der Waals surface area contributed by atoms with Crippen LogP contribution in [-0.2, 0) is 12.6 Å². The Morgan fingerprint density at radius 2 is 1.88 bits per heavy atom. The molecule has 1 aromatic carbocycles. The summed E-state index contributed by atoms with van der Waals surface area (Å²) < 4.78 is 37.4. The largest absolute Gasteiger partial charge is 0.416 e. The van der Waals surface area contributed by atoms with E-state index in [-0.39, 0.29) is 23.5 Å². The van der Waals surface area contributed by atoms with Gasteiger partial charge in [-0.25, -0.2) is 0 Å². The molecule has 0 bridgehead atoms. The van der Waals surface area contributed by atoms with E-state index in [4.69, 9.17) is 17.3 Å². The van der Waals surface area contributed by atoms with Crippen LogP contribution in [0.25, 0.3) is 0 Å². The van der Waals surface area contributed by atoms with Crippen molar-refractivity contribution in [1.29, 1.82) is 0 Å². The minimum absolute atomic E-state index is 0. The Labute approximate surface area is 110 Å². The maximum Gasteiger partial charge on any atom is 0.416 e. The summed E-state index contributed by atoms with van der Waals surface area (Å²) in [6.07, 6.45) is -3.25. The maximum atomic E-state index is 12.5. The maximum absolute atomic E-state index is 12.5. The molecule has 1 nitrogen and oxygen atoms in total. The highest BCUT2D eigenvalue weighted by atomic mass is 35.5. The third kappa shape index (κ3) is 5.15. The van der Waals surface area contributed by atoms with E-state index in [1.54, 1.807) is 0 Å². The number of benzene rings is 1. The van der Waals surface area contributed by atoms with Gasteiger partial charge in [-0.1, -0.05) is 18.5 Å². The molecule has 0 saturated carbocycles. The zero-order valence-electron chi connectivity index (χ0n) is 9.22. The number of rotatable bonds is 3. The Morgan fingerprint density at radius 3 is 2.35 bits per heavy atom. The van der Waals surface area contributed by atoms with Crippen molar-refractivity contribution < 1.29 is 13.2 Å². The van der Waals surface area contributed by atoms with E-state index in [0.29, 0.717) is 18.4 Å². The van der Waals surface area contributed by atoms with E-state index in [0.717, 1.165) is 12.1 Å². The zero-order chi connectivity index (χ0) is 12.3. The lowest BCUT2D eigenvalue weighted by molar-refractivity contribution is -0.137. The lowest BCUT2D eigenvalue weighted by Crippen LogP contribution is -2.21. The summed E-state index contributed by atoms with van der Waals surface area (Å²) >= 11 is 5.64. The van der Waals surface area contributed by atoms with Gasteiger partial charge in [-0.2, -0.15) is 13.2 Å². The number of hydrogen-bond acceptors (Lipinski definition) is 1. The topological polar surface area (TPSA) is 26.0 Å². The highest BCUT2D eigenvalue weighted by molar-refractivity contribution is 6.30. The van der Waals surface area contributed by atoms with E-state index in [9.17, 15) is 13.2 Å². The van der Waals surface area contributed by atoms with Gasteiger partial charge in [-0.3, -0.25) is 0 Å². The van der Waals surface area contributed by atoms with Crippen molar-refractivity contribution in [2.24, 2.45) is 5.73 Å². The van der Waals surface area contributed by atoms with Crippen LogP contribution in [0.15, 0.2) is 18.2 Å². The standard InChI is InChI=1S/C11H13ClF3N.ClH/c1-2-10(16)5-7-3-8(11(13,14)15)6-9(12)4-7;/h3-4,6,10H,2,5,16H2,1H3;1H. The molecule has 0 amide bonds. The van der Waals surface area contributed by atoms with Gasteiger partial charge in [-0.05, 0) is 36.6 Å². The monoisotopic (exact) mass is 287 g/mol. The van der Waals surface area contributed by atoms with Crippen LogP contribution >= 0.6 is 24.0 Å². The quantitative estimate of drug-likeness (QED) is 0.891. The third-order valence-electron chi connectivity index (χ3n) is 2.31. The number of nitrogens with two attached hydrogens (primary N) is 1. The first kappa shape index (κ1) is 16.6. The Kier molecular flexibility index (Phi) is 6.30. The highest BCUT2D eigenvalue weighted by Crippen LogP contribution is 2.32. The van der Waals surface area contributed by atoms with Crippen molar-refractivity contribution >= 4 is 24.0 Å². The van der Waals surface area contributed by atoms with Crippen LogP contribution < -0.4 is 5.73 Å². The second-order valence-corrected chi connectivity index (χ2v) is 4.15. The van der Waals surface area contributed by atoms with Gasteiger partial charge in [0.05, 0.1) is 5.56 Å². The summed E-state index contributed by atoms with van der Waals surface area (Å²) in [5, 5.41) is 0.0909. The minimum atomic E-state index is -4.37. The number of hydrogen-bond donors (Lipinski definition) is 1. The first-order chi connectivity index (χ1) is 7.32. The van der Waals surface area contributed by atoms with Crippen molar-refractivity contribution in [2.75, 3.05) is 0 Å². The summed E-state index contributed by atoms with van der Waals surface area (Å²) in [4.78, 5) is 0. The van der Waals surface area contributed by atoms with Crippen LogP contribution in [0.5, 0.6) is 0 Å². The van der Waals surface area contributed by atoms with Crippen molar-refractivity contribution in [2.45, 2.75) is 32.0 Å². The second kappa shape index (κ2) is 6.47. The summed E-state index contributed by atoms with van der Waals surface area (Å²) in [7, 11) is 0. The van der Waals surface area contributed by atoms with Gasteiger partial charge < -0.3 is 5.73 Å². The first-order valence-corrected chi connectivity index (χ1v) is 5.33. The predicted molar refractivity (Wildman–Crippen MR) is 65.7 cm³/mol. The van der Waals surface area contributed by atoms with Gasteiger partial charge in [0.15, 0.2) is 0 Å². The Morgan fingerprint density at radius 1 is 1.29 bits per heavy atom. The molecule has 0 aliphatic heterocycles. The lowest BCUT2D eigenvalue weighted by atomic mass is 10.0. The Balaban J connectivity index is 0.00000256. The molecule has 2 N–H and O–H groups in total. The van der Waals surface area contributed by atoms with Crippen molar-refractivity contribution in [3.8, 4) is 0 Å². The van der Waals surface area contributed by atoms with E-state index in [1.165, 1.54) is 6.07 Å². The SMILES string of the molecule is CCC(N)Cc1cc(Cl)cc(C(F)(F)F)c1.Cl. The predicted octanol–water partition coefficient (Wildman–Crippen LogP) is 4.06. The summed E-state index contributed by atoms with van der Waals surface area (Å²) in [5.41, 5.74) is 5.49. The fourth-order valence-electron chi connectivity index (χ4n) is 1.38. The fraction of sp³-hybridized carbons (Fsp3) is 0.455. The second-order valence-electron chi connectivity index (χ2n) is 3.72.